The van der Waals surface area contributed by atoms with E-state index in [2.05, 4.69) is 9.88 Å². The Morgan fingerprint density at radius 3 is 2.95 bits per heavy atom. The van der Waals surface area contributed by atoms with Gasteiger partial charge >= 0.3 is 6.09 Å². The highest BCUT2D eigenvalue weighted by molar-refractivity contribution is 5.69. The fourth-order valence-electron chi connectivity index (χ4n) is 2.61. The minimum Gasteiger partial charge on any atom is -0.408 e. The van der Waals surface area contributed by atoms with Crippen LogP contribution in [0, 0.1) is 6.92 Å². The van der Waals surface area contributed by atoms with Crippen LogP contribution in [0.3, 0.4) is 0 Å². The highest BCUT2D eigenvalue weighted by atomic mass is 16.6. The molecule has 20 heavy (non-hydrogen) atoms. The van der Waals surface area contributed by atoms with Crippen LogP contribution in [0.25, 0.3) is 0 Å². The fraction of sp³-hybridized carbons (Fsp3) is 0.538. The molecule has 3 heterocycles. The molecule has 3 rings (SSSR count). The van der Waals surface area contributed by atoms with Crippen molar-refractivity contribution in [1.29, 1.82) is 0 Å². The van der Waals surface area contributed by atoms with Gasteiger partial charge in [0, 0.05) is 30.4 Å². The molecule has 0 spiro atoms. The molecule has 7 heteroatoms. The number of nitrogens with two attached hydrogens (primary N) is 1. The van der Waals surface area contributed by atoms with Gasteiger partial charge in [0.05, 0.1) is 25.5 Å². The van der Waals surface area contributed by atoms with E-state index < -0.39 is 6.09 Å². The van der Waals surface area contributed by atoms with Gasteiger partial charge < -0.3 is 19.9 Å². The van der Waals surface area contributed by atoms with Gasteiger partial charge in [-0.25, -0.2) is 4.79 Å². The monoisotopic (exact) mass is 279 g/mol. The van der Waals surface area contributed by atoms with Crippen LogP contribution in [-0.4, -0.2) is 42.3 Å². The molecule has 2 N–H and O–H groups in total. The van der Waals surface area contributed by atoms with Crippen molar-refractivity contribution in [3.8, 4) is 5.75 Å². The summed E-state index contributed by atoms with van der Waals surface area (Å²) in [4.78, 5) is 17.5. The van der Waals surface area contributed by atoms with Crippen molar-refractivity contribution in [2.75, 3.05) is 26.3 Å². The van der Waals surface area contributed by atoms with E-state index in [-0.39, 0.29) is 6.23 Å². The number of primary amides is 1. The molecular formula is C13H17N3O4. The third-order valence-corrected chi connectivity index (χ3v) is 3.56. The molecule has 7 nitrogen and oxygen atoms in total. The SMILES string of the molecule is Cc1ncc2c(c1OC(N)=O)C(N1CCOCC1)OC2. The molecule has 1 saturated heterocycles. The van der Waals surface area contributed by atoms with Gasteiger partial charge in [0.15, 0.2) is 5.75 Å². The molecule has 2 aliphatic heterocycles. The first-order valence-electron chi connectivity index (χ1n) is 6.56. The zero-order valence-corrected chi connectivity index (χ0v) is 11.3. The number of aromatic nitrogens is 1. The number of carbonyl (C=O) groups excluding carboxylic acids is 1. The molecule has 1 atom stereocenters. The number of ether oxygens (including phenoxy) is 3. The lowest BCUT2D eigenvalue weighted by atomic mass is 10.1. The molecule has 0 aliphatic carbocycles. The zero-order chi connectivity index (χ0) is 14.1. The van der Waals surface area contributed by atoms with Crippen molar-refractivity contribution in [2.45, 2.75) is 19.8 Å². The van der Waals surface area contributed by atoms with Crippen LogP contribution in [0.4, 0.5) is 4.79 Å². The van der Waals surface area contributed by atoms with E-state index >= 15 is 0 Å². The number of rotatable bonds is 2. The van der Waals surface area contributed by atoms with Crippen molar-refractivity contribution in [2.24, 2.45) is 5.73 Å². The van der Waals surface area contributed by atoms with Gasteiger partial charge in [-0.05, 0) is 6.92 Å². The largest absolute Gasteiger partial charge is 0.410 e. The van der Waals surface area contributed by atoms with E-state index in [0.29, 0.717) is 31.3 Å². The van der Waals surface area contributed by atoms with Gasteiger partial charge in [0.1, 0.15) is 6.23 Å². The fourth-order valence-corrected chi connectivity index (χ4v) is 2.61. The number of nitrogens with zero attached hydrogens (tertiary/aromatic N) is 2. The standard InChI is InChI=1S/C13H17N3O4/c1-8-11(20-13(14)17)10-9(6-15-8)7-19-12(10)16-2-4-18-5-3-16/h6,12H,2-5,7H2,1H3,(H2,14,17). The molecule has 1 amide bonds. The molecule has 2 aliphatic rings. The van der Waals surface area contributed by atoms with E-state index in [0.717, 1.165) is 24.2 Å². The van der Waals surface area contributed by atoms with E-state index in [1.165, 1.54) is 0 Å². The third kappa shape index (κ3) is 2.35. The number of morpholine rings is 1. The van der Waals surface area contributed by atoms with Gasteiger partial charge in [-0.2, -0.15) is 0 Å². The molecule has 1 aromatic heterocycles. The summed E-state index contributed by atoms with van der Waals surface area (Å²) in [7, 11) is 0. The number of carbonyl (C=O) groups is 1. The first-order chi connectivity index (χ1) is 9.66. The highest BCUT2D eigenvalue weighted by Crippen LogP contribution is 2.40. The molecule has 0 saturated carbocycles. The van der Waals surface area contributed by atoms with Crippen LogP contribution >= 0.6 is 0 Å². The summed E-state index contributed by atoms with van der Waals surface area (Å²) in [5, 5.41) is 0. The second-order valence-corrected chi connectivity index (χ2v) is 4.84. The lowest BCUT2D eigenvalue weighted by Crippen LogP contribution is -2.39. The lowest BCUT2D eigenvalue weighted by Gasteiger charge is -2.32. The van der Waals surface area contributed by atoms with Crippen LogP contribution in [0.1, 0.15) is 23.0 Å². The normalized spacial score (nSPS) is 22.6. The Labute approximate surface area is 116 Å². The van der Waals surface area contributed by atoms with Gasteiger partial charge in [0.25, 0.3) is 0 Å². The molecular weight excluding hydrogens is 262 g/mol. The Hall–Kier alpha value is -1.70. The van der Waals surface area contributed by atoms with Crippen molar-refractivity contribution in [3.05, 3.63) is 23.0 Å². The predicted octanol–water partition coefficient (Wildman–Crippen LogP) is 0.709. The lowest BCUT2D eigenvalue weighted by molar-refractivity contribution is -0.0918. The van der Waals surface area contributed by atoms with Crippen LogP contribution in [0.2, 0.25) is 0 Å². The molecule has 0 bridgehead atoms. The van der Waals surface area contributed by atoms with Crippen molar-refractivity contribution in [1.82, 2.24) is 9.88 Å². The maximum atomic E-state index is 11.1. The average Bonchev–Trinajstić information content (AvgIpc) is 2.87. The van der Waals surface area contributed by atoms with E-state index in [9.17, 15) is 4.79 Å². The summed E-state index contributed by atoms with van der Waals surface area (Å²) in [6, 6.07) is 0. The molecule has 0 aromatic carbocycles. The Morgan fingerprint density at radius 2 is 2.25 bits per heavy atom. The minimum absolute atomic E-state index is 0.232. The number of pyridine rings is 1. The van der Waals surface area contributed by atoms with Crippen LogP contribution < -0.4 is 10.5 Å². The Bertz CT molecular complexity index is 529. The van der Waals surface area contributed by atoms with Gasteiger partial charge in [0.2, 0.25) is 0 Å². The average molecular weight is 279 g/mol. The molecule has 1 fully saturated rings. The number of hydrogen-bond acceptors (Lipinski definition) is 6. The molecule has 108 valence electrons. The maximum absolute atomic E-state index is 11.1. The number of fused-ring (bicyclic) bond motifs is 1. The second-order valence-electron chi connectivity index (χ2n) is 4.84. The van der Waals surface area contributed by atoms with Crippen molar-refractivity contribution < 1.29 is 19.0 Å². The quantitative estimate of drug-likeness (QED) is 0.858. The number of aryl methyl sites for hydroxylation is 1. The van der Waals surface area contributed by atoms with E-state index in [1.807, 2.05) is 0 Å². The summed E-state index contributed by atoms with van der Waals surface area (Å²) >= 11 is 0. The van der Waals surface area contributed by atoms with Crippen molar-refractivity contribution >= 4 is 6.09 Å². The summed E-state index contributed by atoms with van der Waals surface area (Å²) < 4.78 is 16.3. The van der Waals surface area contributed by atoms with Gasteiger partial charge in [-0.3, -0.25) is 9.88 Å². The summed E-state index contributed by atoms with van der Waals surface area (Å²) in [6.45, 7) is 5.15. The highest BCUT2D eigenvalue weighted by Gasteiger charge is 2.34. The van der Waals surface area contributed by atoms with Gasteiger partial charge in [-0.15, -0.1) is 0 Å². The number of hydrogen-bond donors (Lipinski definition) is 1. The second kappa shape index (κ2) is 5.35. The third-order valence-electron chi connectivity index (χ3n) is 3.56. The number of amides is 1. The smallest absolute Gasteiger partial charge is 0.408 e. The predicted molar refractivity (Wildman–Crippen MR) is 69.1 cm³/mol. The molecule has 1 aromatic rings. The maximum Gasteiger partial charge on any atom is 0.410 e. The first kappa shape index (κ1) is 13.3. The van der Waals surface area contributed by atoms with Crippen LogP contribution in [-0.2, 0) is 16.1 Å². The van der Waals surface area contributed by atoms with Gasteiger partial charge in [-0.1, -0.05) is 0 Å². The van der Waals surface area contributed by atoms with Crippen LogP contribution in [0.5, 0.6) is 5.75 Å². The topological polar surface area (TPSA) is 86.9 Å². The molecule has 0 radical (unpaired) electrons. The minimum atomic E-state index is -0.837. The summed E-state index contributed by atoms with van der Waals surface area (Å²) in [5.74, 6) is 0.420. The molecule has 1 unspecified atom stereocenters. The Morgan fingerprint density at radius 1 is 1.50 bits per heavy atom. The summed E-state index contributed by atoms with van der Waals surface area (Å²) in [6.07, 6.45) is 0.694. The van der Waals surface area contributed by atoms with Crippen LogP contribution in [0.15, 0.2) is 6.20 Å². The van der Waals surface area contributed by atoms with Crippen molar-refractivity contribution in [3.63, 3.8) is 0 Å². The summed E-state index contributed by atoms with van der Waals surface area (Å²) in [5.41, 5.74) is 7.57. The van der Waals surface area contributed by atoms with E-state index in [1.54, 1.807) is 13.1 Å². The first-order valence-corrected chi connectivity index (χ1v) is 6.56. The Balaban J connectivity index is 1.97. The van der Waals surface area contributed by atoms with E-state index in [4.69, 9.17) is 19.9 Å². The Kier molecular flexibility index (Phi) is 3.56. The zero-order valence-electron chi connectivity index (χ0n) is 11.3.